The van der Waals surface area contributed by atoms with E-state index in [1.165, 1.54) is 12.8 Å². The number of nitrogens with zero attached hydrogens (tertiary/aromatic N) is 1. The van der Waals surface area contributed by atoms with Crippen LogP contribution in [0.3, 0.4) is 0 Å². The monoisotopic (exact) mass is 234 g/mol. The number of nitrogen functional groups attached to an aromatic ring is 1. The van der Waals surface area contributed by atoms with E-state index in [0.29, 0.717) is 6.61 Å². The van der Waals surface area contributed by atoms with E-state index in [2.05, 4.69) is 17.9 Å². The van der Waals surface area contributed by atoms with Crippen molar-refractivity contribution in [3.8, 4) is 5.75 Å². The van der Waals surface area contributed by atoms with Crippen molar-refractivity contribution in [1.29, 1.82) is 0 Å². The third-order valence-corrected chi connectivity index (χ3v) is 3.55. The van der Waals surface area contributed by atoms with Gasteiger partial charge in [0, 0.05) is 13.1 Å². The Morgan fingerprint density at radius 2 is 2.24 bits per heavy atom. The smallest absolute Gasteiger partial charge is 0.144 e. The zero-order valence-corrected chi connectivity index (χ0v) is 10.8. The van der Waals surface area contributed by atoms with Crippen molar-refractivity contribution < 1.29 is 4.74 Å². The van der Waals surface area contributed by atoms with E-state index in [4.69, 9.17) is 10.5 Å². The third kappa shape index (κ3) is 2.48. The van der Waals surface area contributed by atoms with Crippen molar-refractivity contribution in [2.45, 2.75) is 26.7 Å². The number of rotatable bonds is 4. The molecule has 0 amide bonds. The molecule has 0 saturated carbocycles. The van der Waals surface area contributed by atoms with Crippen LogP contribution in [0.4, 0.5) is 11.4 Å². The normalized spacial score (nSPS) is 19.6. The van der Waals surface area contributed by atoms with Crippen LogP contribution >= 0.6 is 0 Å². The summed E-state index contributed by atoms with van der Waals surface area (Å²) >= 11 is 0. The predicted octanol–water partition coefficient (Wildman–Crippen LogP) is 2.90. The average molecular weight is 234 g/mol. The predicted molar refractivity (Wildman–Crippen MR) is 72.6 cm³/mol. The highest BCUT2D eigenvalue weighted by atomic mass is 16.5. The number of anilines is 2. The fourth-order valence-electron chi connectivity index (χ4n) is 2.47. The second kappa shape index (κ2) is 5.30. The molecule has 1 aromatic rings. The summed E-state index contributed by atoms with van der Waals surface area (Å²) in [7, 11) is 0. The van der Waals surface area contributed by atoms with Crippen LogP contribution in [-0.2, 0) is 0 Å². The van der Waals surface area contributed by atoms with Crippen LogP contribution in [-0.4, -0.2) is 19.7 Å². The number of nitrogens with two attached hydrogens (primary N) is 1. The Hall–Kier alpha value is -1.38. The van der Waals surface area contributed by atoms with Gasteiger partial charge in [-0.2, -0.15) is 0 Å². The lowest BCUT2D eigenvalue weighted by Gasteiger charge is -2.22. The molecule has 0 aliphatic carbocycles. The first-order valence-electron chi connectivity index (χ1n) is 6.52. The van der Waals surface area contributed by atoms with Gasteiger partial charge < -0.3 is 15.4 Å². The lowest BCUT2D eigenvalue weighted by Crippen LogP contribution is -2.20. The second-order valence-electron chi connectivity index (χ2n) is 4.63. The van der Waals surface area contributed by atoms with E-state index in [-0.39, 0.29) is 0 Å². The minimum atomic E-state index is 0.658. The molecule has 1 heterocycles. The van der Waals surface area contributed by atoms with Crippen LogP contribution in [0.5, 0.6) is 5.75 Å². The zero-order valence-electron chi connectivity index (χ0n) is 10.8. The van der Waals surface area contributed by atoms with Crippen molar-refractivity contribution in [3.63, 3.8) is 0 Å². The van der Waals surface area contributed by atoms with Gasteiger partial charge in [0.15, 0.2) is 0 Å². The van der Waals surface area contributed by atoms with Gasteiger partial charge in [-0.1, -0.05) is 19.4 Å². The maximum Gasteiger partial charge on any atom is 0.144 e. The quantitative estimate of drug-likeness (QED) is 0.814. The molecule has 2 N–H and O–H groups in total. The Labute approximate surface area is 104 Å². The average Bonchev–Trinajstić information content (AvgIpc) is 2.80. The maximum atomic E-state index is 6.17. The van der Waals surface area contributed by atoms with Crippen molar-refractivity contribution in [2.75, 3.05) is 30.3 Å². The summed E-state index contributed by atoms with van der Waals surface area (Å²) in [5.41, 5.74) is 8.08. The minimum absolute atomic E-state index is 0.658. The molecule has 94 valence electrons. The topological polar surface area (TPSA) is 38.5 Å². The van der Waals surface area contributed by atoms with Gasteiger partial charge in [0.2, 0.25) is 0 Å². The largest absolute Gasteiger partial charge is 0.492 e. The molecule has 0 aromatic heterocycles. The molecule has 0 bridgehead atoms. The number of hydrogen-bond acceptors (Lipinski definition) is 3. The fraction of sp³-hybridized carbons (Fsp3) is 0.571. The lowest BCUT2D eigenvalue weighted by atomic mass is 10.1. The van der Waals surface area contributed by atoms with E-state index in [9.17, 15) is 0 Å². The van der Waals surface area contributed by atoms with Crippen LogP contribution < -0.4 is 15.4 Å². The van der Waals surface area contributed by atoms with Crippen molar-refractivity contribution in [3.05, 3.63) is 18.2 Å². The van der Waals surface area contributed by atoms with E-state index in [0.717, 1.165) is 36.1 Å². The molecule has 3 heteroatoms. The molecule has 1 fully saturated rings. The van der Waals surface area contributed by atoms with Crippen LogP contribution in [0.2, 0.25) is 0 Å². The van der Waals surface area contributed by atoms with Gasteiger partial charge in [-0.15, -0.1) is 0 Å². The summed E-state index contributed by atoms with van der Waals surface area (Å²) in [5.74, 6) is 1.62. The van der Waals surface area contributed by atoms with Gasteiger partial charge in [-0.25, -0.2) is 0 Å². The lowest BCUT2D eigenvalue weighted by molar-refractivity contribution is 0.342. The highest BCUT2D eigenvalue weighted by Crippen LogP contribution is 2.35. The first-order chi connectivity index (χ1) is 8.26. The van der Waals surface area contributed by atoms with E-state index < -0.39 is 0 Å². The summed E-state index contributed by atoms with van der Waals surface area (Å²) in [6, 6.07) is 6.06. The first-order valence-corrected chi connectivity index (χ1v) is 6.52. The molecule has 1 unspecified atom stereocenters. The SMILES string of the molecule is CCOc1cccc(N2CCC(CC)C2)c1N. The second-order valence-corrected chi connectivity index (χ2v) is 4.63. The standard InChI is InChI=1S/C14H22N2O/c1-3-11-8-9-16(10-11)12-6-5-7-13(14(12)15)17-4-2/h5-7,11H,3-4,8-10,15H2,1-2H3. The Kier molecular flexibility index (Phi) is 3.77. The van der Waals surface area contributed by atoms with Crippen LogP contribution in [0.15, 0.2) is 18.2 Å². The Morgan fingerprint density at radius 1 is 1.41 bits per heavy atom. The Balaban J connectivity index is 2.18. The van der Waals surface area contributed by atoms with Crippen LogP contribution in [0.25, 0.3) is 0 Å². The van der Waals surface area contributed by atoms with Crippen LogP contribution in [0.1, 0.15) is 26.7 Å². The molecule has 2 rings (SSSR count). The maximum absolute atomic E-state index is 6.17. The van der Waals surface area contributed by atoms with Crippen molar-refractivity contribution >= 4 is 11.4 Å². The van der Waals surface area contributed by atoms with Gasteiger partial charge in [-0.3, -0.25) is 0 Å². The zero-order chi connectivity index (χ0) is 12.3. The molecule has 1 aliphatic rings. The molecule has 0 spiro atoms. The molecule has 1 atom stereocenters. The molecular weight excluding hydrogens is 212 g/mol. The molecule has 1 aromatic carbocycles. The van der Waals surface area contributed by atoms with Gasteiger partial charge >= 0.3 is 0 Å². The van der Waals surface area contributed by atoms with Crippen molar-refractivity contribution in [2.24, 2.45) is 5.92 Å². The fourth-order valence-corrected chi connectivity index (χ4v) is 2.47. The number of ether oxygens (including phenoxy) is 1. The molecule has 1 saturated heterocycles. The van der Waals surface area contributed by atoms with Gasteiger partial charge in [-0.05, 0) is 31.4 Å². The Morgan fingerprint density at radius 3 is 2.88 bits per heavy atom. The first kappa shape index (κ1) is 12.1. The highest BCUT2D eigenvalue weighted by Gasteiger charge is 2.23. The highest BCUT2D eigenvalue weighted by molar-refractivity contribution is 5.74. The number of para-hydroxylation sites is 1. The van der Waals surface area contributed by atoms with Gasteiger partial charge in [0.05, 0.1) is 18.0 Å². The Bertz CT molecular complexity index is 378. The van der Waals surface area contributed by atoms with Crippen LogP contribution in [0, 0.1) is 5.92 Å². The molecular formula is C14H22N2O. The summed E-state index contributed by atoms with van der Waals surface area (Å²) < 4.78 is 5.54. The third-order valence-electron chi connectivity index (χ3n) is 3.55. The number of benzene rings is 1. The van der Waals surface area contributed by atoms with Gasteiger partial charge in [0.1, 0.15) is 5.75 Å². The minimum Gasteiger partial charge on any atom is -0.492 e. The van der Waals surface area contributed by atoms with E-state index >= 15 is 0 Å². The summed E-state index contributed by atoms with van der Waals surface area (Å²) in [4.78, 5) is 2.38. The summed E-state index contributed by atoms with van der Waals surface area (Å²) in [5, 5.41) is 0. The molecule has 1 aliphatic heterocycles. The van der Waals surface area contributed by atoms with E-state index in [1.807, 2.05) is 19.1 Å². The molecule has 3 nitrogen and oxygen atoms in total. The van der Waals surface area contributed by atoms with Gasteiger partial charge in [0.25, 0.3) is 0 Å². The van der Waals surface area contributed by atoms with Crippen molar-refractivity contribution in [1.82, 2.24) is 0 Å². The summed E-state index contributed by atoms with van der Waals surface area (Å²) in [6.45, 7) is 7.13. The molecule has 17 heavy (non-hydrogen) atoms. The van der Waals surface area contributed by atoms with E-state index in [1.54, 1.807) is 0 Å². The molecule has 0 radical (unpaired) electrons. The number of hydrogen-bond donors (Lipinski definition) is 1. The summed E-state index contributed by atoms with van der Waals surface area (Å²) in [6.07, 6.45) is 2.52.